The zero-order valence-corrected chi connectivity index (χ0v) is 11.0. The van der Waals surface area contributed by atoms with Gasteiger partial charge in [-0.3, -0.25) is 4.90 Å². The van der Waals surface area contributed by atoms with Gasteiger partial charge in [0.05, 0.1) is 6.10 Å². The topological polar surface area (TPSA) is 66.8 Å². The average molecular weight is 255 g/mol. The number of likely N-dealkylation sites (tertiary alicyclic amines) is 1. The van der Waals surface area contributed by atoms with Crippen molar-refractivity contribution in [1.29, 1.82) is 0 Å². The first-order valence-corrected chi connectivity index (χ1v) is 6.72. The number of carbonyl (C=O) groups is 2. The zero-order valence-electron chi connectivity index (χ0n) is 11.0. The molecule has 5 nitrogen and oxygen atoms in total. The van der Waals surface area contributed by atoms with Gasteiger partial charge in [-0.15, -0.1) is 0 Å². The third kappa shape index (κ3) is 2.44. The Balaban J connectivity index is 2.16. The summed E-state index contributed by atoms with van der Waals surface area (Å²) >= 11 is 0. The predicted molar refractivity (Wildman–Crippen MR) is 65.2 cm³/mol. The van der Waals surface area contributed by atoms with Crippen LogP contribution in [0.15, 0.2) is 0 Å². The quantitative estimate of drug-likeness (QED) is 0.821. The standard InChI is InChI=1S/C13H21NO4/c1-8(2)18-13(17)14-10-6-4-3-5-9(10)7-11(14)12(15)16/h8-11H,3-7H2,1-2H3,(H,15,16). The molecule has 1 aliphatic heterocycles. The molecule has 3 unspecified atom stereocenters. The van der Waals surface area contributed by atoms with Crippen molar-refractivity contribution in [2.75, 3.05) is 0 Å². The Morgan fingerprint density at radius 2 is 1.94 bits per heavy atom. The van der Waals surface area contributed by atoms with Crippen molar-refractivity contribution in [2.24, 2.45) is 5.92 Å². The molecule has 0 radical (unpaired) electrons. The Morgan fingerprint density at radius 3 is 2.56 bits per heavy atom. The molecule has 1 amide bonds. The Bertz CT molecular complexity index is 342. The molecule has 18 heavy (non-hydrogen) atoms. The van der Waals surface area contributed by atoms with Crippen LogP contribution in [0.2, 0.25) is 0 Å². The number of ether oxygens (including phenoxy) is 1. The number of nitrogens with zero attached hydrogens (tertiary/aromatic N) is 1. The molecule has 0 aromatic carbocycles. The van der Waals surface area contributed by atoms with Crippen LogP contribution >= 0.6 is 0 Å². The van der Waals surface area contributed by atoms with Gasteiger partial charge in [-0.1, -0.05) is 12.8 Å². The first-order valence-electron chi connectivity index (χ1n) is 6.72. The highest BCUT2D eigenvalue weighted by Gasteiger charge is 2.48. The molecule has 1 saturated heterocycles. The Kier molecular flexibility index (Phi) is 3.78. The fourth-order valence-electron chi connectivity index (χ4n) is 3.21. The maximum atomic E-state index is 12.1. The number of carbonyl (C=O) groups excluding carboxylic acids is 1. The Hall–Kier alpha value is -1.26. The van der Waals surface area contributed by atoms with Crippen LogP contribution < -0.4 is 0 Å². The van der Waals surface area contributed by atoms with Gasteiger partial charge in [-0.2, -0.15) is 0 Å². The number of carboxylic acids is 1. The lowest BCUT2D eigenvalue weighted by Crippen LogP contribution is -2.47. The average Bonchev–Trinajstić information content (AvgIpc) is 2.67. The summed E-state index contributed by atoms with van der Waals surface area (Å²) in [5.74, 6) is -0.579. The summed E-state index contributed by atoms with van der Waals surface area (Å²) < 4.78 is 5.19. The summed E-state index contributed by atoms with van der Waals surface area (Å²) in [5, 5.41) is 9.26. The van der Waals surface area contributed by atoms with E-state index in [0.717, 1.165) is 25.7 Å². The van der Waals surface area contributed by atoms with Crippen molar-refractivity contribution in [2.45, 2.75) is 64.1 Å². The second-order valence-electron chi connectivity index (χ2n) is 5.54. The van der Waals surface area contributed by atoms with Gasteiger partial charge in [0.25, 0.3) is 0 Å². The van der Waals surface area contributed by atoms with E-state index in [9.17, 15) is 14.7 Å². The first-order chi connectivity index (χ1) is 8.50. The summed E-state index contributed by atoms with van der Waals surface area (Å²) in [6.07, 6.45) is 4.04. The maximum Gasteiger partial charge on any atom is 0.411 e. The lowest BCUT2D eigenvalue weighted by molar-refractivity contribution is -0.142. The van der Waals surface area contributed by atoms with E-state index < -0.39 is 18.1 Å². The largest absolute Gasteiger partial charge is 0.480 e. The molecule has 1 heterocycles. The van der Waals surface area contributed by atoms with Gasteiger partial charge in [-0.25, -0.2) is 9.59 Å². The van der Waals surface area contributed by atoms with E-state index in [4.69, 9.17) is 4.74 Å². The van der Waals surface area contributed by atoms with Crippen molar-refractivity contribution in [3.63, 3.8) is 0 Å². The van der Waals surface area contributed by atoms with E-state index in [-0.39, 0.29) is 12.1 Å². The van der Waals surface area contributed by atoms with Gasteiger partial charge >= 0.3 is 12.1 Å². The van der Waals surface area contributed by atoms with Gasteiger partial charge in [0.15, 0.2) is 0 Å². The molecule has 0 aromatic heterocycles. The van der Waals surface area contributed by atoms with Crippen molar-refractivity contribution in [3.8, 4) is 0 Å². The Morgan fingerprint density at radius 1 is 1.28 bits per heavy atom. The molecular formula is C13H21NO4. The second kappa shape index (κ2) is 5.16. The van der Waals surface area contributed by atoms with Crippen molar-refractivity contribution in [3.05, 3.63) is 0 Å². The summed E-state index contributed by atoms with van der Waals surface area (Å²) in [7, 11) is 0. The van der Waals surface area contributed by atoms with Crippen molar-refractivity contribution in [1.82, 2.24) is 4.90 Å². The van der Waals surface area contributed by atoms with E-state index >= 15 is 0 Å². The van der Waals surface area contributed by atoms with Crippen LogP contribution in [-0.2, 0) is 9.53 Å². The lowest BCUT2D eigenvalue weighted by Gasteiger charge is -2.32. The monoisotopic (exact) mass is 255 g/mol. The minimum atomic E-state index is -0.912. The molecule has 1 saturated carbocycles. The summed E-state index contributed by atoms with van der Waals surface area (Å²) in [6, 6.07) is -0.643. The number of amides is 1. The van der Waals surface area contributed by atoms with E-state index in [1.165, 1.54) is 4.90 Å². The number of rotatable bonds is 2. The molecule has 2 fully saturated rings. The Labute approximate surface area is 107 Å². The van der Waals surface area contributed by atoms with E-state index in [1.54, 1.807) is 13.8 Å². The van der Waals surface area contributed by atoms with Crippen LogP contribution in [0.3, 0.4) is 0 Å². The number of aliphatic carboxylic acids is 1. The first kappa shape index (κ1) is 13.2. The SMILES string of the molecule is CC(C)OC(=O)N1C(C(=O)O)CC2CCCCC21. The number of carboxylic acid groups (broad SMARTS) is 1. The minimum absolute atomic E-state index is 0.0612. The lowest BCUT2D eigenvalue weighted by atomic mass is 9.85. The third-order valence-corrected chi connectivity index (χ3v) is 3.92. The van der Waals surface area contributed by atoms with Crippen LogP contribution in [0, 0.1) is 5.92 Å². The summed E-state index contributed by atoms with van der Waals surface area (Å²) in [4.78, 5) is 24.8. The molecule has 102 valence electrons. The minimum Gasteiger partial charge on any atom is -0.480 e. The van der Waals surface area contributed by atoms with Gasteiger partial charge < -0.3 is 9.84 Å². The summed E-state index contributed by atoms with van der Waals surface area (Å²) in [5.41, 5.74) is 0. The molecule has 2 aliphatic rings. The molecule has 5 heteroatoms. The highest BCUT2D eigenvalue weighted by molar-refractivity contribution is 5.81. The molecule has 0 aromatic rings. The van der Waals surface area contributed by atoms with Gasteiger partial charge in [0, 0.05) is 6.04 Å². The zero-order chi connectivity index (χ0) is 13.3. The molecule has 2 rings (SSSR count). The molecule has 0 spiro atoms. The number of fused-ring (bicyclic) bond motifs is 1. The van der Waals surface area contributed by atoms with Crippen LogP contribution in [-0.4, -0.2) is 40.3 Å². The van der Waals surface area contributed by atoms with Gasteiger partial charge in [-0.05, 0) is 39.0 Å². The molecule has 3 atom stereocenters. The summed E-state index contributed by atoms with van der Waals surface area (Å²) in [6.45, 7) is 3.56. The molecule has 1 N–H and O–H groups in total. The molecule has 1 aliphatic carbocycles. The van der Waals surface area contributed by atoms with E-state index in [1.807, 2.05) is 0 Å². The predicted octanol–water partition coefficient (Wildman–Crippen LogP) is 2.25. The van der Waals surface area contributed by atoms with Crippen LogP contribution in [0.5, 0.6) is 0 Å². The third-order valence-electron chi connectivity index (χ3n) is 3.92. The number of hydrogen-bond donors (Lipinski definition) is 1. The maximum absolute atomic E-state index is 12.1. The number of hydrogen-bond acceptors (Lipinski definition) is 3. The van der Waals surface area contributed by atoms with Crippen LogP contribution in [0.25, 0.3) is 0 Å². The van der Waals surface area contributed by atoms with E-state index in [0.29, 0.717) is 12.3 Å². The second-order valence-corrected chi connectivity index (χ2v) is 5.54. The molecule has 0 bridgehead atoms. The fourth-order valence-corrected chi connectivity index (χ4v) is 3.21. The van der Waals surface area contributed by atoms with Crippen molar-refractivity contribution >= 4 is 12.1 Å². The van der Waals surface area contributed by atoms with E-state index in [2.05, 4.69) is 0 Å². The highest BCUT2D eigenvalue weighted by atomic mass is 16.6. The normalized spacial score (nSPS) is 31.3. The smallest absolute Gasteiger partial charge is 0.411 e. The van der Waals surface area contributed by atoms with Crippen LogP contribution in [0.4, 0.5) is 4.79 Å². The van der Waals surface area contributed by atoms with Crippen molar-refractivity contribution < 1.29 is 19.4 Å². The van der Waals surface area contributed by atoms with Gasteiger partial charge in [0.2, 0.25) is 0 Å². The fraction of sp³-hybridized carbons (Fsp3) is 0.846. The molecular weight excluding hydrogens is 234 g/mol. The van der Waals surface area contributed by atoms with Gasteiger partial charge in [0.1, 0.15) is 6.04 Å². The highest BCUT2D eigenvalue weighted by Crippen LogP contribution is 2.40. The van der Waals surface area contributed by atoms with Crippen LogP contribution in [0.1, 0.15) is 46.0 Å².